The van der Waals surface area contributed by atoms with Gasteiger partial charge in [0.1, 0.15) is 5.82 Å². The van der Waals surface area contributed by atoms with Crippen LogP contribution < -0.4 is 5.32 Å². The highest BCUT2D eigenvalue weighted by molar-refractivity contribution is 8.00. The number of nitrogens with one attached hydrogen (secondary N) is 2. The van der Waals surface area contributed by atoms with Crippen molar-refractivity contribution in [3.8, 4) is 0 Å². The largest absolute Gasteiger partial charge is 0.490 e. The SMILES string of the molecule is O=C(O)C(F)(F)F.O=C(O)[C@]1(Cc2cccc(Nc3cc[nH]n3)n2)CC[C@@H](Sc2cccc(Cl)c2Cl)CC1. The van der Waals surface area contributed by atoms with E-state index in [9.17, 15) is 23.1 Å². The minimum absolute atomic E-state index is 0.309. The molecule has 3 aromatic rings. The van der Waals surface area contributed by atoms with Gasteiger partial charge in [-0.1, -0.05) is 35.3 Å². The van der Waals surface area contributed by atoms with Crippen LogP contribution in [0.1, 0.15) is 31.4 Å². The number of aromatic amines is 1. The topological polar surface area (TPSA) is 128 Å². The standard InChI is InChI=1S/C22H22Cl2N4O2S.C2HF3O2/c23-16-4-2-5-17(20(16)24)31-15-7-10-22(11-8-15,21(29)30)13-14-3-1-6-18(26-14)27-19-9-12-25-28-19;3-2(4,5)1(6)7/h1-6,9,12,15H,7-8,10-11,13H2,(H,29,30)(H2,25,26,27,28);(H,6,7)/t15-,22-;. The molecule has 0 spiro atoms. The molecule has 0 amide bonds. The number of thioether (sulfide) groups is 1. The van der Waals surface area contributed by atoms with E-state index < -0.39 is 23.5 Å². The van der Waals surface area contributed by atoms with Crippen molar-refractivity contribution in [1.82, 2.24) is 15.2 Å². The molecule has 0 bridgehead atoms. The van der Waals surface area contributed by atoms with Crippen LogP contribution in [0.4, 0.5) is 24.8 Å². The Morgan fingerprint density at radius 3 is 2.32 bits per heavy atom. The van der Waals surface area contributed by atoms with Gasteiger partial charge in [-0.25, -0.2) is 9.78 Å². The average molecular weight is 591 g/mol. The smallest absolute Gasteiger partial charge is 0.481 e. The van der Waals surface area contributed by atoms with Crippen LogP contribution in [0.25, 0.3) is 0 Å². The summed E-state index contributed by atoms with van der Waals surface area (Å²) in [6.45, 7) is 0. The number of alkyl halides is 3. The van der Waals surface area contributed by atoms with Crippen molar-refractivity contribution in [3.05, 3.63) is 64.4 Å². The lowest BCUT2D eigenvalue weighted by Crippen LogP contribution is -2.38. The van der Waals surface area contributed by atoms with E-state index in [1.165, 1.54) is 0 Å². The molecular weight excluding hydrogens is 568 g/mol. The number of carboxylic acid groups (broad SMARTS) is 2. The van der Waals surface area contributed by atoms with E-state index in [4.69, 9.17) is 33.1 Å². The van der Waals surface area contributed by atoms with Gasteiger partial charge in [0.15, 0.2) is 5.82 Å². The summed E-state index contributed by atoms with van der Waals surface area (Å²) in [4.78, 5) is 26.7. The molecule has 0 atom stereocenters. The lowest BCUT2D eigenvalue weighted by molar-refractivity contribution is -0.192. The lowest BCUT2D eigenvalue weighted by Gasteiger charge is -2.36. The number of carbonyl (C=O) groups is 2. The van der Waals surface area contributed by atoms with E-state index in [0.717, 1.165) is 23.4 Å². The van der Waals surface area contributed by atoms with Gasteiger partial charge in [-0.2, -0.15) is 18.3 Å². The summed E-state index contributed by atoms with van der Waals surface area (Å²) in [5.41, 5.74) is -0.0559. The summed E-state index contributed by atoms with van der Waals surface area (Å²) in [6.07, 6.45) is -0.184. The first-order valence-electron chi connectivity index (χ1n) is 11.3. The van der Waals surface area contributed by atoms with Crippen molar-refractivity contribution in [2.75, 3.05) is 5.32 Å². The number of aromatic nitrogens is 3. The number of carboxylic acids is 2. The van der Waals surface area contributed by atoms with Crippen molar-refractivity contribution < 1.29 is 33.0 Å². The molecule has 204 valence electrons. The Bertz CT molecular complexity index is 1250. The number of H-pyrrole nitrogens is 1. The first-order chi connectivity index (χ1) is 17.9. The zero-order chi connectivity index (χ0) is 27.9. The monoisotopic (exact) mass is 590 g/mol. The van der Waals surface area contributed by atoms with Crippen molar-refractivity contribution in [1.29, 1.82) is 0 Å². The number of benzene rings is 1. The molecule has 38 heavy (non-hydrogen) atoms. The molecule has 0 aliphatic heterocycles. The van der Waals surface area contributed by atoms with Crippen LogP contribution in [0.15, 0.2) is 53.6 Å². The van der Waals surface area contributed by atoms with E-state index in [2.05, 4.69) is 20.5 Å². The van der Waals surface area contributed by atoms with Crippen LogP contribution in [-0.4, -0.2) is 48.8 Å². The van der Waals surface area contributed by atoms with E-state index in [1.54, 1.807) is 30.1 Å². The Balaban J connectivity index is 0.000000505. The first-order valence-corrected chi connectivity index (χ1v) is 12.9. The number of aliphatic carboxylic acids is 2. The van der Waals surface area contributed by atoms with Gasteiger partial charge in [-0.15, -0.1) is 11.8 Å². The highest BCUT2D eigenvalue weighted by atomic mass is 35.5. The van der Waals surface area contributed by atoms with E-state index in [0.29, 0.717) is 46.2 Å². The molecule has 0 saturated heterocycles. The van der Waals surface area contributed by atoms with Gasteiger partial charge in [0.05, 0.1) is 15.5 Å². The first kappa shape index (κ1) is 29.6. The van der Waals surface area contributed by atoms with Crippen LogP contribution in [0.3, 0.4) is 0 Å². The molecule has 1 aromatic carbocycles. The molecule has 1 aliphatic rings. The summed E-state index contributed by atoms with van der Waals surface area (Å²) in [6, 6.07) is 13.0. The number of rotatable bonds is 7. The summed E-state index contributed by atoms with van der Waals surface area (Å²) >= 11 is 14.1. The molecule has 4 N–H and O–H groups in total. The van der Waals surface area contributed by atoms with Gasteiger partial charge in [0.2, 0.25) is 0 Å². The molecule has 2 heterocycles. The van der Waals surface area contributed by atoms with Crippen LogP contribution >= 0.6 is 35.0 Å². The van der Waals surface area contributed by atoms with Crippen molar-refractivity contribution >= 4 is 58.5 Å². The van der Waals surface area contributed by atoms with Crippen LogP contribution in [0, 0.1) is 5.41 Å². The second-order valence-electron chi connectivity index (χ2n) is 8.53. The predicted molar refractivity (Wildman–Crippen MR) is 138 cm³/mol. The quantitative estimate of drug-likeness (QED) is 0.235. The number of anilines is 2. The zero-order valence-electron chi connectivity index (χ0n) is 19.6. The molecule has 0 unspecified atom stereocenters. The van der Waals surface area contributed by atoms with Crippen LogP contribution in [-0.2, 0) is 16.0 Å². The maximum Gasteiger partial charge on any atom is 0.490 e. The Hall–Kier alpha value is -2.96. The highest BCUT2D eigenvalue weighted by Crippen LogP contribution is 2.46. The number of nitrogens with zero attached hydrogens (tertiary/aromatic N) is 2. The van der Waals surface area contributed by atoms with Crippen LogP contribution in [0.2, 0.25) is 10.0 Å². The third-order valence-electron chi connectivity index (χ3n) is 5.88. The van der Waals surface area contributed by atoms with Crippen molar-refractivity contribution in [3.63, 3.8) is 0 Å². The fraction of sp³-hybridized carbons (Fsp3) is 0.333. The van der Waals surface area contributed by atoms with Crippen LogP contribution in [0.5, 0.6) is 0 Å². The molecule has 1 saturated carbocycles. The van der Waals surface area contributed by atoms with E-state index in [1.807, 2.05) is 30.3 Å². The molecule has 4 rings (SSSR count). The van der Waals surface area contributed by atoms with Gasteiger partial charge in [-0.05, 0) is 49.9 Å². The molecule has 1 aliphatic carbocycles. The number of hydrogen-bond donors (Lipinski definition) is 4. The summed E-state index contributed by atoms with van der Waals surface area (Å²) in [7, 11) is 0. The molecule has 0 radical (unpaired) electrons. The minimum atomic E-state index is -5.08. The number of halogens is 5. The number of pyridine rings is 1. The summed E-state index contributed by atoms with van der Waals surface area (Å²) < 4.78 is 31.7. The molecule has 2 aromatic heterocycles. The minimum Gasteiger partial charge on any atom is -0.481 e. The fourth-order valence-electron chi connectivity index (χ4n) is 3.94. The lowest BCUT2D eigenvalue weighted by atomic mass is 9.71. The average Bonchev–Trinajstić information content (AvgIpc) is 3.36. The third kappa shape index (κ3) is 8.02. The summed E-state index contributed by atoms with van der Waals surface area (Å²) in [5, 5.41) is 28.5. The molecular formula is C24H23Cl2F3N4O4S. The highest BCUT2D eigenvalue weighted by Gasteiger charge is 2.42. The van der Waals surface area contributed by atoms with Gasteiger partial charge >= 0.3 is 18.1 Å². The maximum absolute atomic E-state index is 12.3. The maximum atomic E-state index is 12.3. The Labute approximate surface area is 229 Å². The summed E-state index contributed by atoms with van der Waals surface area (Å²) in [5.74, 6) is -2.21. The van der Waals surface area contributed by atoms with Gasteiger partial charge in [-0.3, -0.25) is 9.89 Å². The Morgan fingerprint density at radius 2 is 1.74 bits per heavy atom. The van der Waals surface area contributed by atoms with Crippen molar-refractivity contribution in [2.45, 2.75) is 48.4 Å². The van der Waals surface area contributed by atoms with Crippen molar-refractivity contribution in [2.24, 2.45) is 5.41 Å². The van der Waals surface area contributed by atoms with E-state index in [-0.39, 0.29) is 0 Å². The third-order valence-corrected chi connectivity index (χ3v) is 8.21. The van der Waals surface area contributed by atoms with E-state index >= 15 is 0 Å². The zero-order valence-corrected chi connectivity index (χ0v) is 22.0. The van der Waals surface area contributed by atoms with Gasteiger partial charge < -0.3 is 15.5 Å². The predicted octanol–water partition coefficient (Wildman–Crippen LogP) is 6.84. The van der Waals surface area contributed by atoms with Gasteiger partial charge in [0, 0.05) is 34.5 Å². The molecule has 8 nitrogen and oxygen atoms in total. The van der Waals surface area contributed by atoms with Gasteiger partial charge in [0.25, 0.3) is 0 Å². The number of hydrogen-bond acceptors (Lipinski definition) is 6. The normalized spacial score (nSPS) is 19.2. The second kappa shape index (κ2) is 12.7. The fourth-order valence-corrected chi connectivity index (χ4v) is 5.63. The second-order valence-corrected chi connectivity index (χ2v) is 10.7. The Morgan fingerprint density at radius 1 is 1.08 bits per heavy atom. The molecule has 14 heteroatoms. The molecule has 1 fully saturated rings. The Kier molecular flexibility index (Phi) is 9.91.